The van der Waals surface area contributed by atoms with Crippen molar-refractivity contribution in [3.8, 4) is 0 Å². The van der Waals surface area contributed by atoms with Gasteiger partial charge in [-0.1, -0.05) is 12.1 Å². The van der Waals surface area contributed by atoms with E-state index in [0.717, 1.165) is 10.6 Å². The molecule has 1 unspecified atom stereocenters. The van der Waals surface area contributed by atoms with Gasteiger partial charge in [0.25, 0.3) is 0 Å². The lowest BCUT2D eigenvalue weighted by Gasteiger charge is -2.34. The summed E-state index contributed by atoms with van der Waals surface area (Å²) < 4.78 is 4.66. The number of benzene rings is 2. The average molecular weight is 454 g/mol. The molecule has 0 bridgehead atoms. The summed E-state index contributed by atoms with van der Waals surface area (Å²) in [7, 11) is 1.31. The van der Waals surface area contributed by atoms with Crippen LogP contribution in [0.3, 0.4) is 0 Å². The molecule has 2 aliphatic rings. The number of para-hydroxylation sites is 1. The van der Waals surface area contributed by atoms with Crippen LogP contribution in [0.2, 0.25) is 0 Å². The summed E-state index contributed by atoms with van der Waals surface area (Å²) in [6.07, 6.45) is 1.04. The summed E-state index contributed by atoms with van der Waals surface area (Å²) in [6, 6.07) is 13.9. The molecular weight excluding hydrogens is 430 g/mol. The van der Waals surface area contributed by atoms with Crippen LogP contribution in [0.1, 0.15) is 23.2 Å². The normalized spacial score (nSPS) is 18.3. The lowest BCUT2D eigenvalue weighted by Crippen LogP contribution is -2.48. The van der Waals surface area contributed by atoms with Crippen LogP contribution in [0, 0.1) is 5.92 Å². The number of nitrogens with zero attached hydrogens (tertiary/aromatic N) is 1. The van der Waals surface area contributed by atoms with Crippen LogP contribution in [0.5, 0.6) is 0 Å². The number of esters is 1. The second-order valence-electron chi connectivity index (χ2n) is 7.64. The molecule has 1 fully saturated rings. The van der Waals surface area contributed by atoms with Crippen LogP contribution in [0.4, 0.5) is 11.4 Å². The lowest BCUT2D eigenvalue weighted by molar-refractivity contribution is -0.136. The van der Waals surface area contributed by atoms with E-state index >= 15 is 0 Å². The van der Waals surface area contributed by atoms with Gasteiger partial charge in [0.05, 0.1) is 18.4 Å². The van der Waals surface area contributed by atoms with E-state index in [2.05, 4.69) is 15.4 Å². The first-order chi connectivity index (χ1) is 15.5. The first-order valence-electron chi connectivity index (χ1n) is 10.3. The lowest BCUT2D eigenvalue weighted by atomic mass is 9.95. The van der Waals surface area contributed by atoms with Crippen molar-refractivity contribution < 1.29 is 23.9 Å². The molecule has 2 N–H and O–H groups in total. The monoisotopic (exact) mass is 453 g/mol. The Hall–Kier alpha value is -3.33. The van der Waals surface area contributed by atoms with Crippen molar-refractivity contribution in [2.24, 2.45) is 5.92 Å². The van der Waals surface area contributed by atoms with Gasteiger partial charge in [0.2, 0.25) is 17.7 Å². The molecular formula is C23H23N3O5S. The smallest absolute Gasteiger partial charge is 0.337 e. The molecule has 2 heterocycles. The molecule has 2 aliphatic heterocycles. The van der Waals surface area contributed by atoms with Gasteiger partial charge >= 0.3 is 5.97 Å². The van der Waals surface area contributed by atoms with Crippen molar-refractivity contribution in [1.29, 1.82) is 0 Å². The standard InChI is InChI=1S/C23H23N3O5S/c1-31-23(30)15-6-8-16(9-7-15)24-20(27)14-10-12-26(13-11-14)22(29)19-21(28)25-17-4-2-3-5-18(17)32-19/h2-9,14,19H,10-13H2,1H3,(H,24,27)(H,25,28). The van der Waals surface area contributed by atoms with E-state index in [0.29, 0.717) is 37.2 Å². The third kappa shape index (κ3) is 4.62. The van der Waals surface area contributed by atoms with Crippen LogP contribution in [-0.4, -0.2) is 54.0 Å². The fourth-order valence-corrected chi connectivity index (χ4v) is 4.87. The number of amides is 3. The van der Waals surface area contributed by atoms with Gasteiger partial charge < -0.3 is 20.3 Å². The molecule has 0 saturated carbocycles. The zero-order chi connectivity index (χ0) is 22.7. The molecule has 2 aromatic carbocycles. The van der Waals surface area contributed by atoms with Crippen LogP contribution < -0.4 is 10.6 Å². The number of ether oxygens (including phenoxy) is 1. The highest BCUT2D eigenvalue weighted by Crippen LogP contribution is 2.36. The van der Waals surface area contributed by atoms with Crippen molar-refractivity contribution in [3.05, 3.63) is 54.1 Å². The molecule has 0 spiro atoms. The van der Waals surface area contributed by atoms with E-state index < -0.39 is 11.2 Å². The first-order valence-corrected chi connectivity index (χ1v) is 11.2. The van der Waals surface area contributed by atoms with Gasteiger partial charge in [-0.05, 0) is 49.2 Å². The number of nitrogens with one attached hydrogen (secondary N) is 2. The van der Waals surface area contributed by atoms with E-state index in [1.165, 1.54) is 18.9 Å². The van der Waals surface area contributed by atoms with Crippen molar-refractivity contribution in [3.63, 3.8) is 0 Å². The van der Waals surface area contributed by atoms with E-state index in [-0.39, 0.29) is 23.6 Å². The van der Waals surface area contributed by atoms with Gasteiger partial charge in [0, 0.05) is 29.6 Å². The molecule has 2 aromatic rings. The number of methoxy groups -OCH3 is 1. The van der Waals surface area contributed by atoms with E-state index in [1.54, 1.807) is 29.2 Å². The van der Waals surface area contributed by atoms with Crippen LogP contribution >= 0.6 is 11.8 Å². The van der Waals surface area contributed by atoms with Crippen molar-refractivity contribution >= 4 is 46.8 Å². The minimum Gasteiger partial charge on any atom is -0.465 e. The predicted molar refractivity (Wildman–Crippen MR) is 120 cm³/mol. The highest BCUT2D eigenvalue weighted by atomic mass is 32.2. The molecule has 0 radical (unpaired) electrons. The minimum absolute atomic E-state index is 0.123. The maximum Gasteiger partial charge on any atom is 0.337 e. The maximum absolute atomic E-state index is 13.0. The molecule has 9 heteroatoms. The molecule has 8 nitrogen and oxygen atoms in total. The zero-order valence-corrected chi connectivity index (χ0v) is 18.3. The third-order valence-electron chi connectivity index (χ3n) is 5.60. The number of thioether (sulfide) groups is 1. The number of piperidine rings is 1. The number of likely N-dealkylation sites (tertiary alicyclic amines) is 1. The van der Waals surface area contributed by atoms with E-state index in [9.17, 15) is 19.2 Å². The Morgan fingerprint density at radius 2 is 1.75 bits per heavy atom. The Bertz CT molecular complexity index is 1050. The number of carbonyl (C=O) groups excluding carboxylic acids is 4. The molecule has 1 saturated heterocycles. The minimum atomic E-state index is -0.816. The Balaban J connectivity index is 1.31. The molecule has 1 atom stereocenters. The summed E-state index contributed by atoms with van der Waals surface area (Å²) in [5.74, 6) is -1.32. The second kappa shape index (κ2) is 9.44. The number of hydrogen-bond donors (Lipinski definition) is 2. The van der Waals surface area contributed by atoms with Gasteiger partial charge in [0.15, 0.2) is 5.25 Å². The Labute approximate surface area is 189 Å². The third-order valence-corrected chi connectivity index (χ3v) is 6.86. The molecule has 3 amide bonds. The maximum atomic E-state index is 13.0. The average Bonchev–Trinajstić information content (AvgIpc) is 2.83. The van der Waals surface area contributed by atoms with Gasteiger partial charge in [-0.2, -0.15) is 0 Å². The second-order valence-corrected chi connectivity index (χ2v) is 8.79. The van der Waals surface area contributed by atoms with Gasteiger partial charge in [0.1, 0.15) is 0 Å². The predicted octanol–water partition coefficient (Wildman–Crippen LogP) is 2.76. The van der Waals surface area contributed by atoms with Crippen LogP contribution in [-0.2, 0) is 19.1 Å². The van der Waals surface area contributed by atoms with Crippen LogP contribution in [0.15, 0.2) is 53.4 Å². The van der Waals surface area contributed by atoms with Crippen molar-refractivity contribution in [1.82, 2.24) is 4.90 Å². The van der Waals surface area contributed by atoms with E-state index in [1.807, 2.05) is 24.3 Å². The molecule has 0 aromatic heterocycles. The molecule has 0 aliphatic carbocycles. The number of rotatable bonds is 4. The van der Waals surface area contributed by atoms with Crippen molar-refractivity contribution in [2.45, 2.75) is 23.0 Å². The molecule has 32 heavy (non-hydrogen) atoms. The molecule has 4 rings (SSSR count). The topological polar surface area (TPSA) is 105 Å². The summed E-state index contributed by atoms with van der Waals surface area (Å²) in [6.45, 7) is 0.842. The quantitative estimate of drug-likeness (QED) is 0.545. The Morgan fingerprint density at radius 1 is 1.06 bits per heavy atom. The molecule has 166 valence electrons. The number of fused-ring (bicyclic) bond motifs is 1. The number of hydrogen-bond acceptors (Lipinski definition) is 6. The van der Waals surface area contributed by atoms with Gasteiger partial charge in [-0.3, -0.25) is 14.4 Å². The first kappa shape index (κ1) is 21.9. The number of carbonyl (C=O) groups is 4. The number of anilines is 2. The fraction of sp³-hybridized carbons (Fsp3) is 0.304. The van der Waals surface area contributed by atoms with Crippen LogP contribution in [0.25, 0.3) is 0 Å². The Kier molecular flexibility index (Phi) is 6.45. The van der Waals surface area contributed by atoms with E-state index in [4.69, 9.17) is 0 Å². The highest BCUT2D eigenvalue weighted by molar-refractivity contribution is 8.01. The largest absolute Gasteiger partial charge is 0.465 e. The summed E-state index contributed by atoms with van der Waals surface area (Å²) >= 11 is 1.27. The fourth-order valence-electron chi connectivity index (χ4n) is 3.79. The SMILES string of the molecule is COC(=O)c1ccc(NC(=O)C2CCN(C(=O)C3Sc4ccccc4NC3=O)CC2)cc1. The highest BCUT2D eigenvalue weighted by Gasteiger charge is 2.37. The summed E-state index contributed by atoms with van der Waals surface area (Å²) in [5.41, 5.74) is 1.72. The van der Waals surface area contributed by atoms with Gasteiger partial charge in [-0.25, -0.2) is 4.79 Å². The summed E-state index contributed by atoms with van der Waals surface area (Å²) in [5, 5.41) is 4.84. The van der Waals surface area contributed by atoms with Gasteiger partial charge in [-0.15, -0.1) is 11.8 Å². The summed E-state index contributed by atoms with van der Waals surface area (Å²) in [4.78, 5) is 52.1. The zero-order valence-electron chi connectivity index (χ0n) is 17.5. The Morgan fingerprint density at radius 3 is 2.44 bits per heavy atom. The van der Waals surface area contributed by atoms with Crippen molar-refractivity contribution in [2.75, 3.05) is 30.8 Å².